The van der Waals surface area contributed by atoms with Gasteiger partial charge in [0.2, 0.25) is 0 Å². The van der Waals surface area contributed by atoms with Gasteiger partial charge in [-0.1, -0.05) is 0 Å². The van der Waals surface area contributed by atoms with Gasteiger partial charge in [-0.3, -0.25) is 10.3 Å². The van der Waals surface area contributed by atoms with Crippen LogP contribution in [0.1, 0.15) is 25.7 Å². The van der Waals surface area contributed by atoms with Crippen LogP contribution in [-0.4, -0.2) is 12.4 Å². The summed E-state index contributed by atoms with van der Waals surface area (Å²) in [5.41, 5.74) is 2.71. The highest BCUT2D eigenvalue weighted by Crippen LogP contribution is 2.21. The molecule has 0 atom stereocenters. The number of aliphatic imine (C=N–C) groups is 1. The Balaban J connectivity index is 2.19. The van der Waals surface area contributed by atoms with Gasteiger partial charge >= 0.3 is 0 Å². The van der Waals surface area contributed by atoms with Crippen LogP contribution in [0.2, 0.25) is 0 Å². The quantitative estimate of drug-likeness (QED) is 0.481. The summed E-state index contributed by atoms with van der Waals surface area (Å²) in [5, 5.41) is 4.11. The lowest BCUT2D eigenvalue weighted by Crippen LogP contribution is -2.17. The van der Waals surface area contributed by atoms with E-state index in [1.807, 2.05) is 6.20 Å². The average molecular weight is 135 g/mol. The van der Waals surface area contributed by atoms with Gasteiger partial charge in [0.25, 0.3) is 0 Å². The third kappa shape index (κ3) is 0.939. The molecule has 0 aromatic carbocycles. The summed E-state index contributed by atoms with van der Waals surface area (Å²) >= 11 is 0. The van der Waals surface area contributed by atoms with E-state index in [9.17, 15) is 0 Å². The van der Waals surface area contributed by atoms with Crippen molar-refractivity contribution in [3.63, 3.8) is 0 Å². The van der Waals surface area contributed by atoms with Crippen LogP contribution in [0.15, 0.2) is 16.8 Å². The van der Waals surface area contributed by atoms with Crippen molar-refractivity contribution in [1.29, 1.82) is 0 Å². The minimum atomic E-state index is 0.666. The topological polar surface area (TPSA) is 26.5 Å². The molecule has 1 aliphatic heterocycles. The molecule has 0 bridgehead atoms. The van der Waals surface area contributed by atoms with Gasteiger partial charge in [-0.25, -0.2) is 0 Å². The molecule has 0 unspecified atom stereocenters. The number of fused-ring (bicyclic) bond motifs is 1. The van der Waals surface area contributed by atoms with Gasteiger partial charge in [-0.05, 0) is 31.3 Å². The maximum absolute atomic E-state index is 4.33. The van der Waals surface area contributed by atoms with E-state index in [1.165, 1.54) is 37.0 Å². The van der Waals surface area contributed by atoms with Crippen molar-refractivity contribution in [1.82, 2.24) is 5.32 Å². The Hall–Kier alpha value is -0.790. The maximum atomic E-state index is 4.33. The molecule has 0 saturated heterocycles. The molecule has 1 heterocycles. The van der Waals surface area contributed by atoms with Gasteiger partial charge in [0.05, 0.1) is 0 Å². The maximum Gasteiger partial charge on any atom is 0.129 e. The number of hydrogen-bond acceptors (Lipinski definition) is 1. The predicted octanol–water partition coefficient (Wildman–Crippen LogP) is 1.46. The van der Waals surface area contributed by atoms with Crippen LogP contribution in [0.5, 0.6) is 0 Å². The van der Waals surface area contributed by atoms with Crippen LogP contribution in [0.4, 0.5) is 0 Å². The summed E-state index contributed by atoms with van der Waals surface area (Å²) in [6.45, 7) is 0.666. The van der Waals surface area contributed by atoms with Crippen LogP contribution in [-0.2, 0) is 0 Å². The Bertz CT molecular complexity index is 169. The first kappa shape index (κ1) is 5.96. The second-order valence-corrected chi connectivity index (χ2v) is 2.79. The van der Waals surface area contributed by atoms with Crippen LogP contribution < -0.4 is 5.32 Å². The van der Waals surface area contributed by atoms with Crippen molar-refractivity contribution < 1.29 is 0 Å². The van der Waals surface area contributed by atoms with Gasteiger partial charge in [0, 0.05) is 11.9 Å². The Morgan fingerprint density at radius 3 is 3.00 bits per heavy atom. The molecule has 1 radical (unpaired) electrons. The average Bonchev–Trinajstić information content (AvgIpc) is 2.05. The van der Waals surface area contributed by atoms with Crippen molar-refractivity contribution in [2.24, 2.45) is 4.99 Å². The first-order valence-electron chi connectivity index (χ1n) is 3.86. The highest BCUT2D eigenvalue weighted by molar-refractivity contribution is 6.01. The lowest BCUT2D eigenvalue weighted by molar-refractivity contribution is 0.703. The Morgan fingerprint density at radius 1 is 1.20 bits per heavy atom. The molecule has 2 nitrogen and oxygen atoms in total. The molecule has 2 rings (SSSR count). The van der Waals surface area contributed by atoms with E-state index in [-0.39, 0.29) is 0 Å². The molecule has 0 spiro atoms. The lowest BCUT2D eigenvalue weighted by atomic mass is 9.93. The highest BCUT2D eigenvalue weighted by atomic mass is 15.0. The molecule has 1 aliphatic carbocycles. The third-order valence-corrected chi connectivity index (χ3v) is 2.07. The molecule has 0 aromatic rings. The summed E-state index contributed by atoms with van der Waals surface area (Å²) in [6, 6.07) is 0. The fourth-order valence-corrected chi connectivity index (χ4v) is 1.51. The summed E-state index contributed by atoms with van der Waals surface area (Å²) in [5.74, 6) is 0. The van der Waals surface area contributed by atoms with Crippen molar-refractivity contribution >= 4 is 5.71 Å². The van der Waals surface area contributed by atoms with Crippen LogP contribution in [0, 0.1) is 0 Å². The SMILES string of the molecule is C1=C2CCCCC2=NC[N]1. The summed E-state index contributed by atoms with van der Waals surface area (Å²) in [7, 11) is 0. The Labute approximate surface area is 61.0 Å². The standard InChI is InChI=1S/C8H11N2/c1-2-4-8-7(3-1)5-9-6-10-8/h5H,1-4,6H2. The Kier molecular flexibility index (Phi) is 1.46. The first-order chi connectivity index (χ1) is 4.97. The van der Waals surface area contributed by atoms with E-state index in [0.717, 1.165) is 0 Å². The van der Waals surface area contributed by atoms with Crippen LogP contribution in [0.25, 0.3) is 0 Å². The van der Waals surface area contributed by atoms with Gasteiger partial charge in [0.1, 0.15) is 6.67 Å². The number of allylic oxidation sites excluding steroid dienone is 1. The second-order valence-electron chi connectivity index (χ2n) is 2.79. The van der Waals surface area contributed by atoms with Crippen LogP contribution in [0.3, 0.4) is 0 Å². The van der Waals surface area contributed by atoms with Gasteiger partial charge in [0.15, 0.2) is 0 Å². The molecule has 0 amide bonds. The number of hydrogen-bond donors (Lipinski definition) is 0. The monoisotopic (exact) mass is 135 g/mol. The molecular formula is C8H11N2. The minimum Gasteiger partial charge on any atom is -0.269 e. The van der Waals surface area contributed by atoms with Gasteiger partial charge in [-0.15, -0.1) is 0 Å². The van der Waals surface area contributed by atoms with Crippen molar-refractivity contribution in [2.75, 3.05) is 6.67 Å². The molecule has 0 N–H and O–H groups in total. The smallest absolute Gasteiger partial charge is 0.129 e. The second kappa shape index (κ2) is 2.45. The minimum absolute atomic E-state index is 0.666. The number of rotatable bonds is 0. The van der Waals surface area contributed by atoms with Crippen molar-refractivity contribution in [3.8, 4) is 0 Å². The van der Waals surface area contributed by atoms with Gasteiger partial charge in [-0.2, -0.15) is 0 Å². The summed E-state index contributed by atoms with van der Waals surface area (Å²) in [6.07, 6.45) is 7.02. The molecule has 1 fully saturated rings. The van der Waals surface area contributed by atoms with E-state index < -0.39 is 0 Å². The van der Waals surface area contributed by atoms with Gasteiger partial charge < -0.3 is 0 Å². The zero-order valence-electron chi connectivity index (χ0n) is 6.01. The van der Waals surface area contributed by atoms with E-state index in [2.05, 4.69) is 10.3 Å². The fraction of sp³-hybridized carbons (Fsp3) is 0.625. The normalized spacial score (nSPS) is 24.0. The van der Waals surface area contributed by atoms with Crippen LogP contribution >= 0.6 is 0 Å². The molecule has 0 aromatic heterocycles. The predicted molar refractivity (Wildman–Crippen MR) is 41.0 cm³/mol. The zero-order valence-corrected chi connectivity index (χ0v) is 6.01. The largest absolute Gasteiger partial charge is 0.269 e. The zero-order chi connectivity index (χ0) is 6.81. The van der Waals surface area contributed by atoms with E-state index in [4.69, 9.17) is 0 Å². The summed E-state index contributed by atoms with van der Waals surface area (Å²) in [4.78, 5) is 4.33. The molecule has 53 valence electrons. The Morgan fingerprint density at radius 2 is 2.10 bits per heavy atom. The van der Waals surface area contributed by atoms with E-state index in [1.54, 1.807) is 0 Å². The van der Waals surface area contributed by atoms with E-state index in [0.29, 0.717) is 6.67 Å². The van der Waals surface area contributed by atoms with E-state index >= 15 is 0 Å². The number of nitrogens with zero attached hydrogens (tertiary/aromatic N) is 2. The molecule has 1 saturated carbocycles. The fourth-order valence-electron chi connectivity index (χ4n) is 1.51. The molecule has 2 heteroatoms. The van der Waals surface area contributed by atoms with Crippen molar-refractivity contribution in [2.45, 2.75) is 25.7 Å². The first-order valence-corrected chi connectivity index (χ1v) is 3.86. The highest BCUT2D eigenvalue weighted by Gasteiger charge is 2.14. The lowest BCUT2D eigenvalue weighted by Gasteiger charge is -2.19. The van der Waals surface area contributed by atoms with Crippen molar-refractivity contribution in [3.05, 3.63) is 11.8 Å². The third-order valence-electron chi connectivity index (χ3n) is 2.07. The molecular weight excluding hydrogens is 124 g/mol. The summed E-state index contributed by atoms with van der Waals surface area (Å²) < 4.78 is 0. The molecule has 2 aliphatic rings. The molecule has 10 heavy (non-hydrogen) atoms.